The van der Waals surface area contributed by atoms with Crippen molar-refractivity contribution in [2.45, 2.75) is 13.5 Å². The number of carbonyl (C=O) groups excluding carboxylic acids is 1. The molecule has 7 heteroatoms. The molecule has 0 aliphatic rings. The summed E-state index contributed by atoms with van der Waals surface area (Å²) < 4.78 is 1.97. The summed E-state index contributed by atoms with van der Waals surface area (Å²) in [6.07, 6.45) is 3.42. The Kier molecular flexibility index (Phi) is 4.16. The van der Waals surface area contributed by atoms with Gasteiger partial charge in [-0.2, -0.15) is 0 Å². The largest absolute Gasteiger partial charge is 0.383 e. The summed E-state index contributed by atoms with van der Waals surface area (Å²) in [6.45, 7) is 2.61. The Morgan fingerprint density at radius 1 is 1.30 bits per heavy atom. The lowest BCUT2D eigenvalue weighted by Gasteiger charge is -2.05. The molecule has 0 fully saturated rings. The lowest BCUT2D eigenvalue weighted by atomic mass is 10.1. The summed E-state index contributed by atoms with van der Waals surface area (Å²) in [5, 5.41) is 4.25. The van der Waals surface area contributed by atoms with Gasteiger partial charge >= 0.3 is 0 Å². The molecule has 118 valence electrons. The van der Waals surface area contributed by atoms with E-state index < -0.39 is 0 Å². The van der Waals surface area contributed by atoms with Crippen LogP contribution < -0.4 is 11.1 Å². The molecule has 0 saturated heterocycles. The molecule has 0 aliphatic heterocycles. The second kappa shape index (κ2) is 6.26. The summed E-state index contributed by atoms with van der Waals surface area (Å²) in [4.78, 5) is 19.5. The number of fused-ring (bicyclic) bond motifs is 1. The van der Waals surface area contributed by atoms with E-state index in [1.165, 1.54) is 13.3 Å². The number of hydrogen-bond donors (Lipinski definition) is 2. The van der Waals surface area contributed by atoms with Gasteiger partial charge in [-0.25, -0.2) is 9.97 Å². The van der Waals surface area contributed by atoms with Gasteiger partial charge in [-0.05, 0) is 17.7 Å². The van der Waals surface area contributed by atoms with Gasteiger partial charge in [-0.15, -0.1) is 0 Å². The molecule has 0 atom stereocenters. The second-order valence-corrected chi connectivity index (χ2v) is 5.62. The highest BCUT2D eigenvalue weighted by molar-refractivity contribution is 6.30. The number of anilines is 1. The Labute approximate surface area is 138 Å². The van der Waals surface area contributed by atoms with E-state index in [4.69, 9.17) is 17.3 Å². The monoisotopic (exact) mass is 329 g/mol. The molecule has 0 unspecified atom stereocenters. The number of nitrogens with zero attached hydrogens (tertiary/aromatic N) is 3. The van der Waals surface area contributed by atoms with E-state index in [0.29, 0.717) is 23.9 Å². The average molecular weight is 330 g/mol. The third-order valence-corrected chi connectivity index (χ3v) is 3.82. The molecule has 1 amide bonds. The molecule has 0 radical (unpaired) electrons. The van der Waals surface area contributed by atoms with Crippen LogP contribution in [0.4, 0.5) is 5.82 Å². The van der Waals surface area contributed by atoms with Gasteiger partial charge in [0.2, 0.25) is 5.91 Å². The summed E-state index contributed by atoms with van der Waals surface area (Å²) in [6, 6.07) is 7.53. The lowest BCUT2D eigenvalue weighted by Crippen LogP contribution is -2.24. The molecular weight excluding hydrogens is 314 g/mol. The molecular formula is C16H16ClN5O. The first-order valence-electron chi connectivity index (χ1n) is 7.16. The van der Waals surface area contributed by atoms with E-state index in [9.17, 15) is 4.79 Å². The second-order valence-electron chi connectivity index (χ2n) is 5.18. The maximum Gasteiger partial charge on any atom is 0.216 e. The van der Waals surface area contributed by atoms with E-state index in [0.717, 1.165) is 22.2 Å². The number of rotatable bonds is 4. The maximum absolute atomic E-state index is 11.0. The number of benzene rings is 1. The standard InChI is InChI=1S/C16H16ClN5O/c1-10(23)19-6-7-22-8-13(11-2-4-12(17)5-3-11)14-15(18)20-9-21-16(14)22/h2-5,8-9H,6-7H2,1H3,(H,19,23)(H2,18,20,21). The normalized spacial score (nSPS) is 10.9. The van der Waals surface area contributed by atoms with Crippen LogP contribution in [-0.2, 0) is 11.3 Å². The number of halogens is 1. The van der Waals surface area contributed by atoms with Crippen molar-refractivity contribution in [2.75, 3.05) is 12.3 Å². The zero-order chi connectivity index (χ0) is 16.4. The van der Waals surface area contributed by atoms with Crippen LogP contribution in [0.15, 0.2) is 36.8 Å². The van der Waals surface area contributed by atoms with Gasteiger partial charge < -0.3 is 15.6 Å². The Morgan fingerprint density at radius 2 is 2.04 bits per heavy atom. The molecule has 23 heavy (non-hydrogen) atoms. The first kappa shape index (κ1) is 15.3. The Morgan fingerprint density at radius 3 is 2.74 bits per heavy atom. The summed E-state index contributed by atoms with van der Waals surface area (Å²) >= 11 is 5.96. The van der Waals surface area contributed by atoms with E-state index in [2.05, 4.69) is 15.3 Å². The van der Waals surface area contributed by atoms with E-state index in [-0.39, 0.29) is 5.91 Å². The molecule has 0 spiro atoms. The van der Waals surface area contributed by atoms with Crippen LogP contribution in [-0.4, -0.2) is 27.0 Å². The minimum Gasteiger partial charge on any atom is -0.383 e. The fraction of sp³-hybridized carbons (Fsp3) is 0.188. The molecule has 3 aromatic rings. The predicted molar refractivity (Wildman–Crippen MR) is 91.1 cm³/mol. The van der Waals surface area contributed by atoms with Gasteiger partial charge in [-0.3, -0.25) is 4.79 Å². The first-order chi connectivity index (χ1) is 11.1. The quantitative estimate of drug-likeness (QED) is 0.770. The van der Waals surface area contributed by atoms with Gasteiger partial charge in [-0.1, -0.05) is 23.7 Å². The van der Waals surface area contributed by atoms with E-state index in [1.807, 2.05) is 35.0 Å². The van der Waals surface area contributed by atoms with Crippen molar-refractivity contribution < 1.29 is 4.79 Å². The van der Waals surface area contributed by atoms with E-state index >= 15 is 0 Å². The number of aromatic nitrogens is 3. The molecule has 3 rings (SSSR count). The number of nitrogen functional groups attached to an aromatic ring is 1. The average Bonchev–Trinajstić information content (AvgIpc) is 2.88. The van der Waals surface area contributed by atoms with Gasteiger partial charge in [0.25, 0.3) is 0 Å². The van der Waals surface area contributed by atoms with Gasteiger partial charge in [0, 0.05) is 36.8 Å². The Balaban J connectivity index is 2.07. The highest BCUT2D eigenvalue weighted by Crippen LogP contribution is 2.32. The van der Waals surface area contributed by atoms with Crippen molar-refractivity contribution in [3.63, 3.8) is 0 Å². The van der Waals surface area contributed by atoms with Crippen molar-refractivity contribution in [1.82, 2.24) is 19.9 Å². The van der Waals surface area contributed by atoms with Crippen molar-refractivity contribution >= 4 is 34.4 Å². The maximum atomic E-state index is 11.0. The number of amides is 1. The summed E-state index contributed by atoms with van der Waals surface area (Å²) in [5.74, 6) is 0.367. The smallest absolute Gasteiger partial charge is 0.216 e. The third kappa shape index (κ3) is 3.12. The molecule has 3 N–H and O–H groups in total. The predicted octanol–water partition coefficient (Wildman–Crippen LogP) is 2.47. The van der Waals surface area contributed by atoms with Gasteiger partial charge in [0.05, 0.1) is 5.39 Å². The summed E-state index contributed by atoms with van der Waals surface area (Å²) in [5.41, 5.74) is 8.73. The molecule has 0 aliphatic carbocycles. The Bertz CT molecular complexity index is 857. The fourth-order valence-electron chi connectivity index (χ4n) is 2.52. The van der Waals surface area contributed by atoms with Crippen LogP contribution in [0.1, 0.15) is 6.92 Å². The number of hydrogen-bond acceptors (Lipinski definition) is 4. The molecule has 6 nitrogen and oxygen atoms in total. The highest BCUT2D eigenvalue weighted by Gasteiger charge is 2.14. The van der Waals surface area contributed by atoms with Crippen molar-refractivity contribution in [3.8, 4) is 11.1 Å². The first-order valence-corrected chi connectivity index (χ1v) is 7.53. The zero-order valence-corrected chi connectivity index (χ0v) is 13.3. The van der Waals surface area contributed by atoms with Crippen molar-refractivity contribution in [2.24, 2.45) is 0 Å². The summed E-state index contributed by atoms with van der Waals surface area (Å²) in [7, 11) is 0. The van der Waals surface area contributed by atoms with Crippen LogP contribution in [0.5, 0.6) is 0 Å². The van der Waals surface area contributed by atoms with Gasteiger partial charge in [0.15, 0.2) is 0 Å². The lowest BCUT2D eigenvalue weighted by molar-refractivity contribution is -0.118. The van der Waals surface area contributed by atoms with Gasteiger partial charge in [0.1, 0.15) is 17.8 Å². The molecule has 2 aromatic heterocycles. The minimum atomic E-state index is -0.0615. The fourth-order valence-corrected chi connectivity index (χ4v) is 2.64. The van der Waals surface area contributed by atoms with Crippen LogP contribution in [0.25, 0.3) is 22.2 Å². The van der Waals surface area contributed by atoms with Crippen LogP contribution >= 0.6 is 11.6 Å². The third-order valence-electron chi connectivity index (χ3n) is 3.56. The topological polar surface area (TPSA) is 85.8 Å². The van der Waals surface area contributed by atoms with Crippen molar-refractivity contribution in [1.29, 1.82) is 0 Å². The SMILES string of the molecule is CC(=O)NCCn1cc(-c2ccc(Cl)cc2)c2c(N)ncnc21. The zero-order valence-electron chi connectivity index (χ0n) is 12.6. The Hall–Kier alpha value is -2.60. The highest BCUT2D eigenvalue weighted by atomic mass is 35.5. The number of nitrogens with one attached hydrogen (secondary N) is 1. The molecule has 1 aromatic carbocycles. The molecule has 0 bridgehead atoms. The van der Waals surface area contributed by atoms with Crippen LogP contribution in [0, 0.1) is 0 Å². The molecule has 0 saturated carbocycles. The minimum absolute atomic E-state index is 0.0615. The number of carbonyl (C=O) groups is 1. The van der Waals surface area contributed by atoms with Crippen molar-refractivity contribution in [3.05, 3.63) is 41.8 Å². The van der Waals surface area contributed by atoms with E-state index in [1.54, 1.807) is 0 Å². The van der Waals surface area contributed by atoms with Crippen LogP contribution in [0.2, 0.25) is 5.02 Å². The van der Waals surface area contributed by atoms with Crippen LogP contribution in [0.3, 0.4) is 0 Å². The number of nitrogens with two attached hydrogens (primary N) is 1. The molecule has 2 heterocycles.